The molecule has 0 saturated heterocycles. The van der Waals surface area contributed by atoms with E-state index in [0.29, 0.717) is 0 Å². The molecular weight excluding hydrogens is 359 g/mol. The summed E-state index contributed by atoms with van der Waals surface area (Å²) in [5.41, 5.74) is 2.47. The third-order valence-electron chi connectivity index (χ3n) is 2.88. The van der Waals surface area contributed by atoms with Crippen molar-refractivity contribution in [2.24, 2.45) is 0 Å². The van der Waals surface area contributed by atoms with Crippen LogP contribution in [0.4, 0.5) is 0 Å². The molecule has 0 bridgehead atoms. The lowest BCUT2D eigenvalue weighted by molar-refractivity contribution is 0.591. The van der Waals surface area contributed by atoms with Gasteiger partial charge in [-0.3, -0.25) is 4.98 Å². The first kappa shape index (κ1) is 13.8. The van der Waals surface area contributed by atoms with Crippen LogP contribution in [0.2, 0.25) is 5.02 Å². The van der Waals surface area contributed by atoms with Crippen molar-refractivity contribution in [1.29, 1.82) is 0 Å². The molecule has 1 atom stereocenters. The molecule has 4 heteroatoms. The standard InChI is InChI=1S/C14H14ClIN2/c1-17-14(8-10-4-6-18-7-5-10)11-2-3-13(16)12(15)9-11/h2-7,9,14,17H,8H2,1H3. The molecule has 0 aliphatic heterocycles. The first-order valence-electron chi connectivity index (χ1n) is 5.72. The van der Waals surface area contributed by atoms with Crippen LogP contribution in [0.15, 0.2) is 42.7 Å². The van der Waals surface area contributed by atoms with Crippen LogP contribution in [0.3, 0.4) is 0 Å². The maximum absolute atomic E-state index is 6.17. The normalized spacial score (nSPS) is 12.4. The number of hydrogen-bond donors (Lipinski definition) is 1. The fourth-order valence-corrected chi connectivity index (χ4v) is 2.39. The van der Waals surface area contributed by atoms with Gasteiger partial charge in [0.25, 0.3) is 0 Å². The van der Waals surface area contributed by atoms with E-state index < -0.39 is 0 Å². The molecule has 2 rings (SSSR count). The molecule has 0 aliphatic carbocycles. The molecule has 1 aromatic heterocycles. The highest BCUT2D eigenvalue weighted by Gasteiger charge is 2.11. The number of benzene rings is 1. The van der Waals surface area contributed by atoms with Crippen LogP contribution < -0.4 is 5.32 Å². The van der Waals surface area contributed by atoms with Crippen molar-refractivity contribution in [3.8, 4) is 0 Å². The summed E-state index contributed by atoms with van der Waals surface area (Å²) >= 11 is 8.41. The maximum Gasteiger partial charge on any atom is 0.0542 e. The molecule has 0 aliphatic rings. The summed E-state index contributed by atoms with van der Waals surface area (Å²) in [6.07, 6.45) is 4.57. The highest BCUT2D eigenvalue weighted by molar-refractivity contribution is 14.1. The molecule has 0 spiro atoms. The van der Waals surface area contributed by atoms with Crippen molar-refractivity contribution in [2.75, 3.05) is 7.05 Å². The molecule has 94 valence electrons. The fraction of sp³-hybridized carbons (Fsp3) is 0.214. The van der Waals surface area contributed by atoms with Gasteiger partial charge >= 0.3 is 0 Å². The average Bonchev–Trinajstić information content (AvgIpc) is 2.40. The van der Waals surface area contributed by atoms with Gasteiger partial charge in [-0.05, 0) is 71.5 Å². The van der Waals surface area contributed by atoms with Crippen LogP contribution in [0, 0.1) is 3.57 Å². The highest BCUT2D eigenvalue weighted by Crippen LogP contribution is 2.25. The van der Waals surface area contributed by atoms with Crippen molar-refractivity contribution in [1.82, 2.24) is 10.3 Å². The average molecular weight is 373 g/mol. The molecule has 0 amide bonds. The van der Waals surface area contributed by atoms with Crippen molar-refractivity contribution >= 4 is 34.2 Å². The summed E-state index contributed by atoms with van der Waals surface area (Å²) in [5.74, 6) is 0. The van der Waals surface area contributed by atoms with Gasteiger partial charge in [0.05, 0.1) is 5.02 Å². The van der Waals surface area contributed by atoms with Crippen LogP contribution >= 0.6 is 34.2 Å². The van der Waals surface area contributed by atoms with Gasteiger partial charge in [0.1, 0.15) is 0 Å². The second-order valence-electron chi connectivity index (χ2n) is 4.07. The predicted molar refractivity (Wildman–Crippen MR) is 83.9 cm³/mol. The number of likely N-dealkylation sites (N-methyl/N-ethyl adjacent to an activating group) is 1. The van der Waals surface area contributed by atoms with E-state index >= 15 is 0 Å². The maximum atomic E-state index is 6.17. The highest BCUT2D eigenvalue weighted by atomic mass is 127. The molecule has 0 saturated carbocycles. The molecule has 0 fully saturated rings. The van der Waals surface area contributed by atoms with Crippen molar-refractivity contribution in [3.05, 3.63) is 62.4 Å². The van der Waals surface area contributed by atoms with Gasteiger partial charge in [-0.15, -0.1) is 0 Å². The zero-order valence-corrected chi connectivity index (χ0v) is 12.9. The van der Waals surface area contributed by atoms with Crippen molar-refractivity contribution in [2.45, 2.75) is 12.5 Å². The first-order chi connectivity index (χ1) is 8.70. The number of hydrogen-bond acceptors (Lipinski definition) is 2. The summed E-state index contributed by atoms with van der Waals surface area (Å²) in [6, 6.07) is 10.6. The molecule has 1 unspecified atom stereocenters. The quantitative estimate of drug-likeness (QED) is 0.825. The topological polar surface area (TPSA) is 24.9 Å². The molecular formula is C14H14ClIN2. The van der Waals surface area contributed by atoms with E-state index in [1.54, 1.807) is 0 Å². The van der Waals surface area contributed by atoms with Crippen molar-refractivity contribution < 1.29 is 0 Å². The predicted octanol–water partition coefficient (Wildman–Crippen LogP) is 3.84. The van der Waals surface area contributed by atoms with E-state index in [1.165, 1.54) is 11.1 Å². The van der Waals surface area contributed by atoms with Crippen LogP contribution in [0.1, 0.15) is 17.2 Å². The Bertz CT molecular complexity index is 516. The van der Waals surface area contributed by atoms with E-state index in [0.717, 1.165) is 15.0 Å². The van der Waals surface area contributed by atoms with E-state index in [9.17, 15) is 0 Å². The minimum atomic E-state index is 0.266. The third-order valence-corrected chi connectivity index (χ3v) is 4.46. The third kappa shape index (κ3) is 3.43. The van der Waals surface area contributed by atoms with E-state index in [-0.39, 0.29) is 6.04 Å². The lowest BCUT2D eigenvalue weighted by Crippen LogP contribution is -2.18. The number of aromatic nitrogens is 1. The van der Waals surface area contributed by atoms with Gasteiger partial charge in [-0.25, -0.2) is 0 Å². The van der Waals surface area contributed by atoms with Crippen molar-refractivity contribution in [3.63, 3.8) is 0 Å². The Morgan fingerprint density at radius 2 is 2.00 bits per heavy atom. The fourth-order valence-electron chi connectivity index (χ4n) is 1.87. The summed E-state index contributed by atoms with van der Waals surface area (Å²) in [4.78, 5) is 4.03. The van der Waals surface area contributed by atoms with Crippen LogP contribution in [-0.2, 0) is 6.42 Å². The SMILES string of the molecule is CNC(Cc1ccncc1)c1ccc(I)c(Cl)c1. The molecule has 1 heterocycles. The number of halogens is 2. The second kappa shape index (κ2) is 6.50. The monoisotopic (exact) mass is 372 g/mol. The zero-order valence-electron chi connectivity index (χ0n) is 10.0. The summed E-state index contributed by atoms with van der Waals surface area (Å²) < 4.78 is 1.08. The summed E-state index contributed by atoms with van der Waals surface area (Å²) in [7, 11) is 1.97. The molecule has 2 aromatic rings. The molecule has 2 nitrogen and oxygen atoms in total. The second-order valence-corrected chi connectivity index (χ2v) is 5.64. The Balaban J connectivity index is 2.20. The smallest absolute Gasteiger partial charge is 0.0542 e. The van der Waals surface area contributed by atoms with Gasteiger partial charge in [0.2, 0.25) is 0 Å². The van der Waals surface area contributed by atoms with Crippen LogP contribution in [0.5, 0.6) is 0 Å². The number of nitrogens with zero attached hydrogens (tertiary/aromatic N) is 1. The number of nitrogens with one attached hydrogen (secondary N) is 1. The van der Waals surface area contributed by atoms with E-state index in [4.69, 9.17) is 11.6 Å². The Morgan fingerprint density at radius 1 is 1.28 bits per heavy atom. The van der Waals surface area contributed by atoms with Crippen LogP contribution in [0.25, 0.3) is 0 Å². The van der Waals surface area contributed by atoms with Gasteiger partial charge < -0.3 is 5.32 Å². The largest absolute Gasteiger partial charge is 0.313 e. The van der Waals surface area contributed by atoms with Crippen LogP contribution in [-0.4, -0.2) is 12.0 Å². The summed E-state index contributed by atoms with van der Waals surface area (Å²) in [6.45, 7) is 0. The van der Waals surface area contributed by atoms with Gasteiger partial charge in [0, 0.05) is 22.0 Å². The summed E-state index contributed by atoms with van der Waals surface area (Å²) in [5, 5.41) is 4.14. The van der Waals surface area contributed by atoms with E-state index in [1.807, 2.05) is 37.6 Å². The minimum absolute atomic E-state index is 0.266. The molecule has 0 radical (unpaired) electrons. The van der Waals surface area contributed by atoms with E-state index in [2.05, 4.69) is 45.0 Å². The van der Waals surface area contributed by atoms with Gasteiger partial charge in [-0.2, -0.15) is 0 Å². The molecule has 18 heavy (non-hydrogen) atoms. The lowest BCUT2D eigenvalue weighted by atomic mass is 10.00. The number of pyridine rings is 1. The Hall–Kier alpha value is -0.650. The first-order valence-corrected chi connectivity index (χ1v) is 7.17. The Kier molecular flexibility index (Phi) is 4.97. The van der Waals surface area contributed by atoms with Gasteiger partial charge in [0.15, 0.2) is 0 Å². The molecule has 1 aromatic carbocycles. The minimum Gasteiger partial charge on any atom is -0.313 e. The molecule has 1 N–H and O–H groups in total. The number of rotatable bonds is 4. The zero-order chi connectivity index (χ0) is 13.0. The Morgan fingerprint density at radius 3 is 2.61 bits per heavy atom. The lowest BCUT2D eigenvalue weighted by Gasteiger charge is -2.17. The van der Waals surface area contributed by atoms with Gasteiger partial charge in [-0.1, -0.05) is 17.7 Å². The Labute approximate surface area is 126 Å².